The highest BCUT2D eigenvalue weighted by Crippen LogP contribution is 2.38. The third kappa shape index (κ3) is 4.66. The molecule has 1 saturated heterocycles. The van der Waals surface area contributed by atoms with Crippen molar-refractivity contribution in [2.75, 3.05) is 31.6 Å². The Morgan fingerprint density at radius 1 is 1.22 bits per heavy atom. The second kappa shape index (κ2) is 7.95. The fraction of sp³-hybridized carbons (Fsp3) is 0.556. The number of anilines is 1. The lowest BCUT2D eigenvalue weighted by atomic mass is 10.3. The van der Waals surface area contributed by atoms with Gasteiger partial charge in [0.1, 0.15) is 0 Å². The summed E-state index contributed by atoms with van der Waals surface area (Å²) in [4.78, 5) is 24.1. The lowest BCUT2D eigenvalue weighted by Gasteiger charge is -2.26. The Morgan fingerprint density at radius 3 is 2.37 bits per heavy atom. The van der Waals surface area contributed by atoms with Crippen LogP contribution >= 0.6 is 0 Å². The summed E-state index contributed by atoms with van der Waals surface area (Å²) in [6.45, 7) is 4.88. The van der Waals surface area contributed by atoms with Gasteiger partial charge in [-0.1, -0.05) is 6.92 Å². The molecular formula is C18H24N2O6S. The van der Waals surface area contributed by atoms with Gasteiger partial charge in [-0.3, -0.25) is 9.59 Å². The molecule has 2 aliphatic rings. The number of amides is 1. The maximum absolute atomic E-state index is 12.6. The van der Waals surface area contributed by atoms with Crippen molar-refractivity contribution in [3.05, 3.63) is 24.3 Å². The fourth-order valence-corrected chi connectivity index (χ4v) is 4.26. The van der Waals surface area contributed by atoms with Crippen LogP contribution in [0.5, 0.6) is 0 Å². The average Bonchev–Trinajstić information content (AvgIpc) is 3.39. The van der Waals surface area contributed by atoms with E-state index >= 15 is 0 Å². The molecule has 9 heteroatoms. The van der Waals surface area contributed by atoms with Crippen LogP contribution in [0.25, 0.3) is 0 Å². The van der Waals surface area contributed by atoms with Gasteiger partial charge in [0.05, 0.1) is 24.0 Å². The summed E-state index contributed by atoms with van der Waals surface area (Å²) in [5, 5.41) is 2.63. The first-order chi connectivity index (χ1) is 12.8. The highest BCUT2D eigenvalue weighted by atomic mass is 32.2. The Hall–Kier alpha value is -1.97. The molecule has 2 fully saturated rings. The minimum absolute atomic E-state index is 0.107. The Bertz CT molecular complexity index is 802. The zero-order valence-electron chi connectivity index (χ0n) is 15.4. The summed E-state index contributed by atoms with van der Waals surface area (Å²) in [7, 11) is -3.58. The lowest BCUT2D eigenvalue weighted by Crippen LogP contribution is -2.40. The van der Waals surface area contributed by atoms with Gasteiger partial charge in [0, 0.05) is 18.8 Å². The minimum atomic E-state index is -3.58. The normalized spacial score (nSPS) is 24.1. The SMILES string of the molecule is C[C@H](OC(=O)[C@H]1C[C@H]1C)C(=O)Nc1ccc(S(=O)(=O)N2CCOCC2)cc1. The first-order valence-electron chi connectivity index (χ1n) is 8.98. The van der Waals surface area contributed by atoms with Gasteiger partial charge in [0.25, 0.3) is 5.91 Å². The topological polar surface area (TPSA) is 102 Å². The number of rotatable bonds is 6. The van der Waals surface area contributed by atoms with Gasteiger partial charge in [-0.25, -0.2) is 8.42 Å². The number of carbonyl (C=O) groups is 2. The molecule has 3 rings (SSSR count). The van der Waals surface area contributed by atoms with E-state index in [-0.39, 0.29) is 16.8 Å². The van der Waals surface area contributed by atoms with Crippen molar-refractivity contribution in [2.24, 2.45) is 11.8 Å². The molecule has 1 N–H and O–H groups in total. The number of ether oxygens (including phenoxy) is 2. The predicted octanol–water partition coefficient (Wildman–Crippen LogP) is 1.23. The molecule has 0 radical (unpaired) electrons. The molecule has 1 aliphatic carbocycles. The first kappa shape index (κ1) is 19.8. The fourth-order valence-electron chi connectivity index (χ4n) is 2.86. The largest absolute Gasteiger partial charge is 0.452 e. The molecule has 0 bridgehead atoms. The van der Waals surface area contributed by atoms with Gasteiger partial charge >= 0.3 is 5.97 Å². The molecule has 0 unspecified atom stereocenters. The quantitative estimate of drug-likeness (QED) is 0.726. The molecule has 1 amide bonds. The van der Waals surface area contributed by atoms with E-state index in [0.717, 1.165) is 6.42 Å². The Labute approximate surface area is 158 Å². The van der Waals surface area contributed by atoms with E-state index in [2.05, 4.69) is 5.32 Å². The van der Waals surface area contributed by atoms with Gasteiger partial charge < -0.3 is 14.8 Å². The first-order valence-corrected chi connectivity index (χ1v) is 10.4. The van der Waals surface area contributed by atoms with Crippen LogP contribution in [0.1, 0.15) is 20.3 Å². The molecule has 1 saturated carbocycles. The van der Waals surface area contributed by atoms with Crippen molar-refractivity contribution < 1.29 is 27.5 Å². The number of nitrogens with one attached hydrogen (secondary N) is 1. The number of sulfonamides is 1. The van der Waals surface area contributed by atoms with Crippen molar-refractivity contribution in [3.63, 3.8) is 0 Å². The third-order valence-electron chi connectivity index (χ3n) is 4.80. The maximum atomic E-state index is 12.6. The van der Waals surface area contributed by atoms with Gasteiger partial charge in [-0.15, -0.1) is 0 Å². The van der Waals surface area contributed by atoms with E-state index in [4.69, 9.17) is 9.47 Å². The van der Waals surface area contributed by atoms with Crippen LogP contribution in [0.4, 0.5) is 5.69 Å². The van der Waals surface area contributed by atoms with Gasteiger partial charge in [0.15, 0.2) is 6.10 Å². The summed E-state index contributed by atoms with van der Waals surface area (Å²) < 4.78 is 36.9. The molecule has 1 aromatic carbocycles. The van der Waals surface area contributed by atoms with Crippen LogP contribution in [0.2, 0.25) is 0 Å². The Balaban J connectivity index is 1.58. The Morgan fingerprint density at radius 2 is 1.81 bits per heavy atom. The van der Waals surface area contributed by atoms with Crippen LogP contribution in [-0.2, 0) is 29.1 Å². The number of nitrogens with zero attached hydrogens (tertiary/aromatic N) is 1. The molecule has 3 atom stereocenters. The molecular weight excluding hydrogens is 372 g/mol. The van der Waals surface area contributed by atoms with Gasteiger partial charge in [-0.2, -0.15) is 4.31 Å². The molecule has 1 heterocycles. The number of morpholine rings is 1. The van der Waals surface area contributed by atoms with Crippen LogP contribution in [-0.4, -0.2) is 57.0 Å². The summed E-state index contributed by atoms with van der Waals surface area (Å²) >= 11 is 0. The van der Waals surface area contributed by atoms with Crippen LogP contribution in [0.15, 0.2) is 29.2 Å². The third-order valence-corrected chi connectivity index (χ3v) is 6.72. The molecule has 0 aromatic heterocycles. The zero-order chi connectivity index (χ0) is 19.6. The van der Waals surface area contributed by atoms with Crippen LogP contribution in [0.3, 0.4) is 0 Å². The highest BCUT2D eigenvalue weighted by molar-refractivity contribution is 7.89. The summed E-state index contributed by atoms with van der Waals surface area (Å²) in [5.41, 5.74) is 0.434. The molecule has 1 aliphatic heterocycles. The molecule has 27 heavy (non-hydrogen) atoms. The zero-order valence-corrected chi connectivity index (χ0v) is 16.2. The monoisotopic (exact) mass is 396 g/mol. The lowest BCUT2D eigenvalue weighted by molar-refractivity contribution is -0.154. The van der Waals surface area contributed by atoms with Crippen molar-refractivity contribution in [1.82, 2.24) is 4.31 Å². The average molecular weight is 396 g/mol. The summed E-state index contributed by atoms with van der Waals surface area (Å²) in [6, 6.07) is 5.93. The minimum Gasteiger partial charge on any atom is -0.452 e. The number of benzene rings is 1. The van der Waals surface area contributed by atoms with Crippen LogP contribution in [0, 0.1) is 11.8 Å². The molecule has 148 valence electrons. The smallest absolute Gasteiger partial charge is 0.309 e. The maximum Gasteiger partial charge on any atom is 0.309 e. The number of esters is 1. The van der Waals surface area contributed by atoms with E-state index in [1.807, 2.05) is 6.92 Å². The van der Waals surface area contributed by atoms with E-state index in [1.165, 1.54) is 35.5 Å². The standard InChI is InChI=1S/C18H24N2O6S/c1-12-11-16(12)18(22)26-13(2)17(21)19-14-3-5-15(6-4-14)27(23,24)20-7-9-25-10-8-20/h3-6,12-13,16H,7-11H2,1-2H3,(H,19,21)/t12-,13+,16+/m1/s1. The van der Waals surface area contributed by atoms with Crippen molar-refractivity contribution in [2.45, 2.75) is 31.3 Å². The second-order valence-corrected chi connectivity index (χ2v) is 8.87. The number of hydrogen-bond donors (Lipinski definition) is 1. The summed E-state index contributed by atoms with van der Waals surface area (Å²) in [6.07, 6.45) is -0.117. The van der Waals surface area contributed by atoms with Crippen molar-refractivity contribution in [3.8, 4) is 0 Å². The number of carbonyl (C=O) groups excluding carboxylic acids is 2. The van der Waals surface area contributed by atoms with Gasteiger partial charge in [-0.05, 0) is 43.5 Å². The van der Waals surface area contributed by atoms with Gasteiger partial charge in [0.2, 0.25) is 10.0 Å². The van der Waals surface area contributed by atoms with Crippen LogP contribution < -0.4 is 5.32 Å². The highest BCUT2D eigenvalue weighted by Gasteiger charge is 2.41. The molecule has 1 aromatic rings. The van der Waals surface area contributed by atoms with E-state index in [9.17, 15) is 18.0 Å². The molecule has 0 spiro atoms. The second-order valence-electron chi connectivity index (χ2n) is 6.93. The molecule has 8 nitrogen and oxygen atoms in total. The predicted molar refractivity (Wildman–Crippen MR) is 97.5 cm³/mol. The summed E-state index contributed by atoms with van der Waals surface area (Å²) in [5.74, 6) is -0.601. The Kier molecular flexibility index (Phi) is 5.83. The van der Waals surface area contributed by atoms with E-state index in [0.29, 0.717) is 37.9 Å². The number of hydrogen-bond acceptors (Lipinski definition) is 6. The van der Waals surface area contributed by atoms with E-state index < -0.39 is 22.0 Å². The van der Waals surface area contributed by atoms with E-state index in [1.54, 1.807) is 0 Å². The van der Waals surface area contributed by atoms with Crippen molar-refractivity contribution >= 4 is 27.6 Å². The van der Waals surface area contributed by atoms with Crippen molar-refractivity contribution in [1.29, 1.82) is 0 Å².